The highest BCUT2D eigenvalue weighted by Gasteiger charge is 2.29. The summed E-state index contributed by atoms with van der Waals surface area (Å²) in [5.41, 5.74) is 4.56. The Balaban J connectivity index is 1.38. The van der Waals surface area contributed by atoms with Crippen molar-refractivity contribution in [2.75, 3.05) is 32.7 Å². The Hall–Kier alpha value is -3.59. The Morgan fingerprint density at radius 3 is 2.64 bits per heavy atom. The highest BCUT2D eigenvalue weighted by Crippen LogP contribution is 2.33. The lowest BCUT2D eigenvalue weighted by Gasteiger charge is -2.26. The second kappa shape index (κ2) is 12.5. The molecule has 1 aromatic carbocycles. The zero-order valence-electron chi connectivity index (χ0n) is 22.8. The second-order valence-electron chi connectivity index (χ2n) is 10.8. The number of aliphatic imine (C=N–C) groups is 1. The van der Waals surface area contributed by atoms with E-state index < -0.39 is 0 Å². The Kier molecular flexibility index (Phi) is 8.66. The molecule has 206 valence electrons. The van der Waals surface area contributed by atoms with Crippen LogP contribution in [-0.2, 0) is 4.79 Å². The predicted molar refractivity (Wildman–Crippen MR) is 153 cm³/mol. The Morgan fingerprint density at radius 1 is 1.15 bits per heavy atom. The highest BCUT2D eigenvalue weighted by atomic mass is 16.2. The van der Waals surface area contributed by atoms with Crippen molar-refractivity contribution in [1.82, 2.24) is 15.1 Å². The first-order chi connectivity index (χ1) is 19.1. The molecular weight excluding hydrogens is 490 g/mol. The molecule has 0 bridgehead atoms. The van der Waals surface area contributed by atoms with Crippen molar-refractivity contribution in [2.45, 2.75) is 64.0 Å². The van der Waals surface area contributed by atoms with Crippen LogP contribution >= 0.6 is 0 Å². The summed E-state index contributed by atoms with van der Waals surface area (Å²) in [5.74, 6) is 6.01. The number of hydrogen-bond donors (Lipinski definition) is 2. The van der Waals surface area contributed by atoms with Crippen LogP contribution in [0.2, 0.25) is 0 Å². The van der Waals surface area contributed by atoms with Crippen LogP contribution in [0.5, 0.6) is 0 Å². The summed E-state index contributed by atoms with van der Waals surface area (Å²) in [6, 6.07) is 8.02. The van der Waals surface area contributed by atoms with Gasteiger partial charge in [-0.1, -0.05) is 36.4 Å². The third-order valence-electron chi connectivity index (χ3n) is 8.00. The zero-order chi connectivity index (χ0) is 27.2. The summed E-state index contributed by atoms with van der Waals surface area (Å²) in [6.45, 7) is 6.20. The van der Waals surface area contributed by atoms with Crippen LogP contribution in [0.25, 0.3) is 5.57 Å². The number of benzene rings is 1. The first-order valence-electron chi connectivity index (χ1n) is 14.3. The standard InChI is InChI=1S/C30H39N7O2/c1-2-14-37(20-26-6-5-13-32-26)30(39)25-17-24-12-11-23(18-27(24)33-28(19-25)34-35-31)21-7-9-22(10-8-21)29(38)36-15-3-4-16-36/h7-12,17,26-27,32H,2-6,13-16,18-20H2,1H3,(H2,31,33,34). The minimum absolute atomic E-state index is 0.0278. The van der Waals surface area contributed by atoms with Gasteiger partial charge in [0.2, 0.25) is 5.91 Å². The summed E-state index contributed by atoms with van der Waals surface area (Å²) in [4.78, 5) is 35.2. The van der Waals surface area contributed by atoms with Gasteiger partial charge in [-0.25, -0.2) is 0 Å². The summed E-state index contributed by atoms with van der Waals surface area (Å²) in [7, 11) is 0. The van der Waals surface area contributed by atoms with E-state index in [1.165, 1.54) is 0 Å². The summed E-state index contributed by atoms with van der Waals surface area (Å²) >= 11 is 0. The largest absolute Gasteiger partial charge is 0.339 e. The quantitative estimate of drug-likeness (QED) is 0.315. The van der Waals surface area contributed by atoms with Gasteiger partial charge in [-0.3, -0.25) is 14.6 Å². The smallest absolute Gasteiger partial charge is 0.253 e. The SMILES string of the molecule is CCCN(CC1CCCN1)C(=O)C1=CC2=CC=C(c3ccc(C(=O)N4CCCC4)cc3)CC2N=C(N=NN)C1. The van der Waals surface area contributed by atoms with Crippen LogP contribution in [-0.4, -0.2) is 72.3 Å². The van der Waals surface area contributed by atoms with E-state index in [0.717, 1.165) is 74.0 Å². The topological polar surface area (TPSA) is 116 Å². The lowest BCUT2D eigenvalue weighted by atomic mass is 9.88. The summed E-state index contributed by atoms with van der Waals surface area (Å²) in [5, 5.41) is 11.1. The van der Waals surface area contributed by atoms with Gasteiger partial charge in [-0.2, -0.15) is 0 Å². The van der Waals surface area contributed by atoms with Crippen molar-refractivity contribution >= 4 is 23.2 Å². The minimum atomic E-state index is -0.183. The van der Waals surface area contributed by atoms with E-state index in [4.69, 9.17) is 10.8 Å². The van der Waals surface area contributed by atoms with Crippen LogP contribution < -0.4 is 11.2 Å². The molecule has 3 heterocycles. The zero-order valence-corrected chi connectivity index (χ0v) is 22.8. The maximum Gasteiger partial charge on any atom is 0.253 e. The van der Waals surface area contributed by atoms with Crippen molar-refractivity contribution in [2.24, 2.45) is 21.2 Å². The number of nitrogens with zero attached hydrogens (tertiary/aromatic N) is 5. The summed E-state index contributed by atoms with van der Waals surface area (Å²) < 4.78 is 0. The molecule has 0 spiro atoms. The van der Waals surface area contributed by atoms with Gasteiger partial charge >= 0.3 is 0 Å². The fourth-order valence-corrected chi connectivity index (χ4v) is 5.95. The molecule has 2 amide bonds. The van der Waals surface area contributed by atoms with Gasteiger partial charge in [0, 0.05) is 49.8 Å². The fourth-order valence-electron chi connectivity index (χ4n) is 5.95. The molecule has 4 aliphatic rings. The lowest BCUT2D eigenvalue weighted by molar-refractivity contribution is -0.127. The number of nitrogens with one attached hydrogen (secondary N) is 1. The van der Waals surface area contributed by atoms with E-state index in [9.17, 15) is 9.59 Å². The van der Waals surface area contributed by atoms with Gasteiger partial charge < -0.3 is 21.0 Å². The van der Waals surface area contributed by atoms with Gasteiger partial charge in [0.15, 0.2) is 5.84 Å². The molecule has 2 unspecified atom stereocenters. The molecule has 0 radical (unpaired) electrons. The number of amides is 2. The first-order valence-corrected chi connectivity index (χ1v) is 14.3. The normalized spacial score (nSPS) is 23.1. The Bertz CT molecular complexity index is 1220. The third kappa shape index (κ3) is 6.36. The van der Waals surface area contributed by atoms with Crippen molar-refractivity contribution in [3.8, 4) is 0 Å². The molecule has 2 fully saturated rings. The van der Waals surface area contributed by atoms with E-state index in [0.29, 0.717) is 43.4 Å². The van der Waals surface area contributed by atoms with Crippen LogP contribution in [0, 0.1) is 0 Å². The van der Waals surface area contributed by atoms with Crippen LogP contribution in [0.15, 0.2) is 69.0 Å². The Morgan fingerprint density at radius 2 is 1.95 bits per heavy atom. The van der Waals surface area contributed by atoms with Crippen LogP contribution in [0.4, 0.5) is 0 Å². The minimum Gasteiger partial charge on any atom is -0.339 e. The van der Waals surface area contributed by atoms with E-state index >= 15 is 0 Å². The molecule has 3 N–H and O–H groups in total. The molecule has 1 aromatic rings. The average molecular weight is 530 g/mol. The predicted octanol–water partition coefficient (Wildman–Crippen LogP) is 4.05. The lowest BCUT2D eigenvalue weighted by Crippen LogP contribution is -2.42. The average Bonchev–Trinajstić information content (AvgIpc) is 3.65. The molecule has 2 saturated heterocycles. The van der Waals surface area contributed by atoms with Crippen molar-refractivity contribution in [1.29, 1.82) is 0 Å². The number of rotatable bonds is 7. The monoisotopic (exact) mass is 529 g/mol. The van der Waals surface area contributed by atoms with Gasteiger partial charge in [0.1, 0.15) is 0 Å². The van der Waals surface area contributed by atoms with Crippen molar-refractivity contribution in [3.63, 3.8) is 0 Å². The number of fused-ring (bicyclic) bond motifs is 1. The number of likely N-dealkylation sites (tertiary alicyclic amines) is 1. The molecule has 9 heteroatoms. The fraction of sp³-hybridized carbons (Fsp3) is 0.500. The number of nitrogens with two attached hydrogens (primary N) is 1. The molecular formula is C30H39N7O2. The maximum atomic E-state index is 13.7. The van der Waals surface area contributed by atoms with E-state index in [1.807, 2.05) is 40.1 Å². The molecule has 39 heavy (non-hydrogen) atoms. The van der Waals surface area contributed by atoms with Crippen LogP contribution in [0.3, 0.4) is 0 Å². The van der Waals surface area contributed by atoms with Gasteiger partial charge in [0.05, 0.1) is 6.04 Å². The summed E-state index contributed by atoms with van der Waals surface area (Å²) in [6.07, 6.45) is 12.4. The van der Waals surface area contributed by atoms with Crippen molar-refractivity contribution in [3.05, 3.63) is 64.8 Å². The molecule has 2 atom stereocenters. The van der Waals surface area contributed by atoms with Gasteiger partial charge in [0.25, 0.3) is 5.91 Å². The number of carbonyl (C=O) groups is 2. The molecule has 1 aliphatic carbocycles. The second-order valence-corrected chi connectivity index (χ2v) is 10.8. The first kappa shape index (κ1) is 27.0. The number of amidine groups is 1. The number of allylic oxidation sites excluding steroid dienone is 2. The van der Waals surface area contributed by atoms with E-state index in [-0.39, 0.29) is 17.9 Å². The van der Waals surface area contributed by atoms with Gasteiger partial charge in [-0.05, 0) is 80.0 Å². The van der Waals surface area contributed by atoms with E-state index in [1.54, 1.807) is 0 Å². The third-order valence-corrected chi connectivity index (χ3v) is 8.00. The highest BCUT2D eigenvalue weighted by molar-refractivity contribution is 6.01. The molecule has 9 nitrogen and oxygen atoms in total. The number of carbonyl (C=O) groups excluding carboxylic acids is 2. The van der Waals surface area contributed by atoms with Crippen molar-refractivity contribution < 1.29 is 9.59 Å². The van der Waals surface area contributed by atoms with Gasteiger partial charge in [-0.15, -0.1) is 5.11 Å². The van der Waals surface area contributed by atoms with E-state index in [2.05, 4.69) is 34.7 Å². The Labute approximate surface area is 230 Å². The van der Waals surface area contributed by atoms with Crippen LogP contribution in [0.1, 0.15) is 67.8 Å². The molecule has 3 aliphatic heterocycles. The molecule has 0 saturated carbocycles. The number of hydrogen-bond acceptors (Lipinski definition) is 6. The maximum absolute atomic E-state index is 13.7. The molecule has 5 rings (SSSR count). The molecule has 0 aromatic heterocycles.